The molecule has 1 aliphatic carbocycles. The van der Waals surface area contributed by atoms with Gasteiger partial charge >= 0.3 is 0 Å². The van der Waals surface area contributed by atoms with Gasteiger partial charge in [-0.25, -0.2) is 13.6 Å². The number of nitrogens with two attached hydrogens (primary N) is 1. The van der Waals surface area contributed by atoms with E-state index in [1.807, 2.05) is 18.2 Å². The smallest absolute Gasteiger partial charge is 0.238 e. The molecule has 5 N–H and O–H groups in total. The van der Waals surface area contributed by atoms with Crippen molar-refractivity contribution in [2.45, 2.75) is 75.6 Å². The van der Waals surface area contributed by atoms with Gasteiger partial charge in [-0.3, -0.25) is 0 Å². The molecular formula is C27H41N3O4S. The number of phenolic OH excluding ortho intramolecular Hbond substituents is 2. The first-order valence-corrected chi connectivity index (χ1v) is 14.4. The Morgan fingerprint density at radius 1 is 1.00 bits per heavy atom. The minimum Gasteiger partial charge on any atom is -0.504 e. The van der Waals surface area contributed by atoms with Crippen molar-refractivity contribution in [2.24, 2.45) is 5.14 Å². The van der Waals surface area contributed by atoms with Gasteiger partial charge in [0.1, 0.15) is 0 Å². The molecule has 35 heavy (non-hydrogen) atoms. The van der Waals surface area contributed by atoms with Gasteiger partial charge in [0, 0.05) is 11.6 Å². The van der Waals surface area contributed by atoms with E-state index < -0.39 is 10.0 Å². The van der Waals surface area contributed by atoms with Gasteiger partial charge in [0.05, 0.1) is 4.90 Å². The van der Waals surface area contributed by atoms with Gasteiger partial charge in [-0.2, -0.15) is 0 Å². The molecule has 0 saturated carbocycles. The van der Waals surface area contributed by atoms with Crippen LogP contribution in [0.3, 0.4) is 0 Å². The summed E-state index contributed by atoms with van der Waals surface area (Å²) in [6.45, 7) is 6.30. The largest absolute Gasteiger partial charge is 0.504 e. The van der Waals surface area contributed by atoms with Crippen molar-refractivity contribution in [3.8, 4) is 11.5 Å². The first-order valence-electron chi connectivity index (χ1n) is 12.9. The third kappa shape index (κ3) is 8.20. The third-order valence-corrected chi connectivity index (χ3v) is 7.89. The number of sulfonamides is 1. The topological polar surface area (TPSA) is 116 Å². The van der Waals surface area contributed by atoms with Gasteiger partial charge in [-0.15, -0.1) is 0 Å². The number of phenols is 2. The van der Waals surface area contributed by atoms with Crippen LogP contribution in [0.25, 0.3) is 0 Å². The van der Waals surface area contributed by atoms with Crippen molar-refractivity contribution in [3.63, 3.8) is 0 Å². The van der Waals surface area contributed by atoms with Gasteiger partial charge in [0.2, 0.25) is 10.0 Å². The lowest BCUT2D eigenvalue weighted by molar-refractivity contribution is 0.175. The second-order valence-electron chi connectivity index (χ2n) is 9.61. The Kier molecular flexibility index (Phi) is 10.4. The predicted molar refractivity (Wildman–Crippen MR) is 140 cm³/mol. The molecule has 3 rings (SSSR count). The molecule has 2 aromatic carbocycles. The monoisotopic (exact) mass is 503 g/mol. The van der Waals surface area contributed by atoms with E-state index in [9.17, 15) is 18.6 Å². The summed E-state index contributed by atoms with van der Waals surface area (Å²) in [6.07, 6.45) is 9.56. The molecule has 0 radical (unpaired) electrons. The molecule has 0 aromatic heterocycles. The number of benzene rings is 2. The summed E-state index contributed by atoms with van der Waals surface area (Å²) in [7, 11) is -3.63. The number of hydrogen-bond acceptors (Lipinski definition) is 6. The number of nitrogens with one attached hydrogen (secondary N) is 1. The minimum absolute atomic E-state index is 0.0131. The number of unbranched alkanes of at least 4 members (excludes halogenated alkanes) is 3. The molecule has 2 aromatic rings. The molecule has 7 nitrogen and oxygen atoms in total. The van der Waals surface area contributed by atoms with Crippen molar-refractivity contribution >= 4 is 10.0 Å². The number of hydrogen-bond donors (Lipinski definition) is 4. The molecule has 1 unspecified atom stereocenters. The SMILES string of the molecule is CCCN(CCCCCCNCCc1ccc(S(N)(=O)=O)cc1)C1CCc2c(ccc(O)c2O)C1. The highest BCUT2D eigenvalue weighted by molar-refractivity contribution is 7.89. The Labute approximate surface area is 210 Å². The molecule has 0 saturated heterocycles. The molecule has 0 amide bonds. The average molecular weight is 504 g/mol. The summed E-state index contributed by atoms with van der Waals surface area (Å²) in [5.41, 5.74) is 3.19. The summed E-state index contributed by atoms with van der Waals surface area (Å²) in [5.74, 6) is 0.0532. The summed E-state index contributed by atoms with van der Waals surface area (Å²) in [4.78, 5) is 2.77. The molecule has 0 aliphatic heterocycles. The van der Waals surface area contributed by atoms with Crippen molar-refractivity contribution in [2.75, 3.05) is 26.2 Å². The normalized spacial score (nSPS) is 15.9. The summed E-state index contributed by atoms with van der Waals surface area (Å²) in [6, 6.07) is 10.8. The van der Waals surface area contributed by atoms with Crippen LogP contribution in [-0.2, 0) is 29.3 Å². The van der Waals surface area contributed by atoms with Crippen LogP contribution in [0.15, 0.2) is 41.3 Å². The fourth-order valence-corrected chi connectivity index (χ4v) is 5.52. The average Bonchev–Trinajstić information content (AvgIpc) is 2.84. The van der Waals surface area contributed by atoms with Gasteiger partial charge in [-0.1, -0.05) is 38.0 Å². The number of aromatic hydroxyl groups is 2. The Hall–Kier alpha value is -2.13. The summed E-state index contributed by atoms with van der Waals surface area (Å²) >= 11 is 0. The lowest BCUT2D eigenvalue weighted by Gasteiger charge is -2.35. The Balaban J connectivity index is 1.30. The van der Waals surface area contributed by atoms with Gasteiger partial charge < -0.3 is 20.4 Å². The van der Waals surface area contributed by atoms with E-state index in [1.165, 1.54) is 24.8 Å². The number of nitrogens with zero attached hydrogens (tertiary/aromatic N) is 1. The van der Waals surface area contributed by atoms with E-state index in [1.54, 1.807) is 18.2 Å². The van der Waals surface area contributed by atoms with Crippen LogP contribution in [0.5, 0.6) is 11.5 Å². The van der Waals surface area contributed by atoms with Crippen molar-refractivity contribution in [3.05, 3.63) is 53.1 Å². The predicted octanol–water partition coefficient (Wildman–Crippen LogP) is 3.71. The molecule has 1 atom stereocenters. The maximum atomic E-state index is 11.3. The fourth-order valence-electron chi connectivity index (χ4n) is 5.00. The quantitative estimate of drug-likeness (QED) is 0.231. The van der Waals surface area contributed by atoms with Gasteiger partial charge in [0.15, 0.2) is 11.5 Å². The Morgan fingerprint density at radius 3 is 2.46 bits per heavy atom. The number of primary sulfonamides is 1. The molecule has 8 heteroatoms. The lowest BCUT2D eigenvalue weighted by atomic mass is 9.86. The molecule has 0 bridgehead atoms. The van der Waals surface area contributed by atoms with Gasteiger partial charge in [-0.05, 0) is 100 Å². The molecule has 1 aliphatic rings. The number of fused-ring (bicyclic) bond motifs is 1. The van der Waals surface area contributed by atoms with Crippen LogP contribution < -0.4 is 10.5 Å². The van der Waals surface area contributed by atoms with Crippen molar-refractivity contribution < 1.29 is 18.6 Å². The van der Waals surface area contributed by atoms with Crippen LogP contribution in [0, 0.1) is 0 Å². The van der Waals surface area contributed by atoms with E-state index in [0.29, 0.717) is 6.04 Å². The van der Waals surface area contributed by atoms with Crippen LogP contribution in [0.1, 0.15) is 62.1 Å². The van der Waals surface area contributed by atoms with E-state index in [0.717, 1.165) is 75.8 Å². The Bertz CT molecular complexity index is 1040. The van der Waals surface area contributed by atoms with Crippen molar-refractivity contribution in [1.29, 1.82) is 0 Å². The van der Waals surface area contributed by atoms with Crippen LogP contribution in [-0.4, -0.2) is 55.8 Å². The van der Waals surface area contributed by atoms with E-state index in [2.05, 4.69) is 17.1 Å². The fraction of sp³-hybridized carbons (Fsp3) is 0.556. The van der Waals surface area contributed by atoms with E-state index >= 15 is 0 Å². The maximum absolute atomic E-state index is 11.3. The maximum Gasteiger partial charge on any atom is 0.238 e. The highest BCUT2D eigenvalue weighted by Gasteiger charge is 2.26. The minimum atomic E-state index is -3.63. The van der Waals surface area contributed by atoms with E-state index in [-0.39, 0.29) is 16.4 Å². The van der Waals surface area contributed by atoms with Crippen LogP contribution >= 0.6 is 0 Å². The highest BCUT2D eigenvalue weighted by Crippen LogP contribution is 2.36. The number of rotatable bonds is 14. The summed E-state index contributed by atoms with van der Waals surface area (Å²) in [5, 5.41) is 28.5. The summed E-state index contributed by atoms with van der Waals surface area (Å²) < 4.78 is 22.6. The van der Waals surface area contributed by atoms with Crippen molar-refractivity contribution in [1.82, 2.24) is 10.2 Å². The van der Waals surface area contributed by atoms with Gasteiger partial charge in [0.25, 0.3) is 0 Å². The van der Waals surface area contributed by atoms with E-state index in [4.69, 9.17) is 5.14 Å². The molecule has 0 spiro atoms. The highest BCUT2D eigenvalue weighted by atomic mass is 32.2. The van der Waals surface area contributed by atoms with Crippen LogP contribution in [0.4, 0.5) is 0 Å². The standard InChI is InChI=1S/C27H41N3O4S/c1-2-18-30(23-10-13-25-22(20-23)9-14-26(31)27(25)32)19-6-4-3-5-16-29-17-15-21-7-11-24(12-8-21)35(28,33)34/h7-9,11-12,14,23,29,31-32H,2-6,10,13,15-20H2,1H3,(H2,28,33,34). The zero-order chi connectivity index (χ0) is 25.3. The second-order valence-corrected chi connectivity index (χ2v) is 11.2. The second kappa shape index (κ2) is 13.3. The zero-order valence-corrected chi connectivity index (χ0v) is 21.7. The first kappa shape index (κ1) is 27.5. The molecule has 0 heterocycles. The Morgan fingerprint density at radius 2 is 1.74 bits per heavy atom. The molecule has 194 valence electrons. The van der Waals surface area contributed by atoms with Crippen LogP contribution in [0.2, 0.25) is 0 Å². The molecule has 0 fully saturated rings. The first-order chi connectivity index (χ1) is 16.8. The zero-order valence-electron chi connectivity index (χ0n) is 20.9. The third-order valence-electron chi connectivity index (χ3n) is 6.96. The molecular weight excluding hydrogens is 462 g/mol. The lowest BCUT2D eigenvalue weighted by Crippen LogP contribution is -2.40.